The van der Waals surface area contributed by atoms with Crippen LogP contribution in [0.3, 0.4) is 0 Å². The molecule has 9 nitrogen and oxygen atoms in total. The Hall–Kier alpha value is -2.42. The zero-order chi connectivity index (χ0) is 18.2. The molecule has 1 spiro atoms. The van der Waals surface area contributed by atoms with Gasteiger partial charge in [-0.25, -0.2) is 20.6 Å². The number of rotatable bonds is 2. The monoisotopic (exact) mass is 348 g/mol. The first kappa shape index (κ1) is 17.4. The Morgan fingerprint density at radius 1 is 1.32 bits per heavy atom. The minimum Gasteiger partial charge on any atom is -0.444 e. The van der Waals surface area contributed by atoms with Gasteiger partial charge in [0.2, 0.25) is 5.95 Å². The van der Waals surface area contributed by atoms with Gasteiger partial charge in [-0.05, 0) is 33.3 Å². The van der Waals surface area contributed by atoms with Crippen molar-refractivity contribution in [2.24, 2.45) is 11.3 Å². The van der Waals surface area contributed by atoms with E-state index in [2.05, 4.69) is 15.4 Å². The van der Waals surface area contributed by atoms with Crippen LogP contribution in [0.25, 0.3) is 0 Å². The van der Waals surface area contributed by atoms with Crippen LogP contribution in [0.1, 0.15) is 37.7 Å². The first-order chi connectivity index (χ1) is 11.7. The van der Waals surface area contributed by atoms with Crippen LogP contribution in [0.15, 0.2) is 12.3 Å². The van der Waals surface area contributed by atoms with E-state index in [1.807, 2.05) is 25.7 Å². The number of aromatic nitrogens is 2. The third-order valence-corrected chi connectivity index (χ3v) is 4.43. The minimum atomic E-state index is -0.487. The number of hydrogen-bond donors (Lipinski definition) is 2. The van der Waals surface area contributed by atoms with E-state index in [0.717, 1.165) is 19.5 Å². The number of nitrogen functional groups attached to an aromatic ring is 1. The molecule has 1 aromatic heterocycles. The molecular formula is C16H24N6O3. The highest BCUT2D eigenvalue weighted by molar-refractivity contribution is 5.91. The predicted octanol–water partition coefficient (Wildman–Crippen LogP) is 0.527. The van der Waals surface area contributed by atoms with Gasteiger partial charge in [-0.1, -0.05) is 0 Å². The lowest BCUT2D eigenvalue weighted by Crippen LogP contribution is -2.60. The van der Waals surface area contributed by atoms with E-state index < -0.39 is 11.5 Å². The van der Waals surface area contributed by atoms with Gasteiger partial charge in [0.25, 0.3) is 5.91 Å². The predicted molar refractivity (Wildman–Crippen MR) is 90.8 cm³/mol. The number of nitrogens with zero attached hydrogens (tertiary/aromatic N) is 4. The van der Waals surface area contributed by atoms with E-state index in [4.69, 9.17) is 10.6 Å². The SMILES string of the molecule is CC(C)(C)OC(=O)N1CC2(CCN(c3nccc(C(=O)NN)n3)C2)C1. The van der Waals surface area contributed by atoms with Gasteiger partial charge in [0.05, 0.1) is 0 Å². The molecule has 2 aliphatic rings. The van der Waals surface area contributed by atoms with Gasteiger partial charge < -0.3 is 14.5 Å². The Kier molecular flexibility index (Phi) is 4.28. The van der Waals surface area contributed by atoms with Gasteiger partial charge in [-0.3, -0.25) is 10.2 Å². The standard InChI is InChI=1S/C16H24N6O3/c1-15(2,3)25-14(24)22-9-16(10-22)5-7-21(8-16)13-18-6-4-11(19-13)12(23)20-17/h4,6H,5,7-10,17H2,1-3H3,(H,20,23). The van der Waals surface area contributed by atoms with Crippen molar-refractivity contribution in [1.29, 1.82) is 0 Å². The number of nitrogens with one attached hydrogen (secondary N) is 1. The molecule has 2 amide bonds. The zero-order valence-electron chi connectivity index (χ0n) is 14.8. The molecule has 0 bridgehead atoms. The molecule has 2 fully saturated rings. The van der Waals surface area contributed by atoms with Gasteiger partial charge >= 0.3 is 6.09 Å². The molecule has 3 rings (SSSR count). The van der Waals surface area contributed by atoms with E-state index in [9.17, 15) is 9.59 Å². The highest BCUT2D eigenvalue weighted by atomic mass is 16.6. The molecule has 2 saturated heterocycles. The van der Waals surface area contributed by atoms with Gasteiger partial charge in [-0.15, -0.1) is 0 Å². The summed E-state index contributed by atoms with van der Waals surface area (Å²) in [5.74, 6) is 5.21. The third kappa shape index (κ3) is 3.65. The highest BCUT2D eigenvalue weighted by Crippen LogP contribution is 2.40. The molecule has 2 aliphatic heterocycles. The lowest BCUT2D eigenvalue weighted by atomic mass is 9.79. The maximum Gasteiger partial charge on any atom is 0.410 e. The quantitative estimate of drug-likeness (QED) is 0.455. The van der Waals surface area contributed by atoms with Crippen LogP contribution in [0.2, 0.25) is 0 Å². The summed E-state index contributed by atoms with van der Waals surface area (Å²) < 4.78 is 5.40. The molecule has 0 atom stereocenters. The number of hydrogen-bond acceptors (Lipinski definition) is 7. The summed E-state index contributed by atoms with van der Waals surface area (Å²) >= 11 is 0. The average Bonchev–Trinajstić information content (AvgIpc) is 2.97. The Bertz CT molecular complexity index is 681. The molecule has 1 aromatic rings. The topological polar surface area (TPSA) is 114 Å². The molecule has 136 valence electrons. The van der Waals surface area contributed by atoms with Gasteiger partial charge in [0.15, 0.2) is 0 Å². The van der Waals surface area contributed by atoms with E-state index >= 15 is 0 Å². The zero-order valence-corrected chi connectivity index (χ0v) is 14.8. The summed E-state index contributed by atoms with van der Waals surface area (Å²) in [6, 6.07) is 1.52. The van der Waals surface area contributed by atoms with Crippen LogP contribution in [-0.2, 0) is 4.74 Å². The van der Waals surface area contributed by atoms with Crippen molar-refractivity contribution < 1.29 is 14.3 Å². The summed E-state index contributed by atoms with van der Waals surface area (Å²) in [6.45, 7) is 8.46. The third-order valence-electron chi connectivity index (χ3n) is 4.43. The maximum atomic E-state index is 12.1. The lowest BCUT2D eigenvalue weighted by Gasteiger charge is -2.47. The first-order valence-corrected chi connectivity index (χ1v) is 8.28. The summed E-state index contributed by atoms with van der Waals surface area (Å²) in [5.41, 5.74) is 1.86. The van der Waals surface area contributed by atoms with E-state index in [-0.39, 0.29) is 17.2 Å². The second-order valence-electron chi connectivity index (χ2n) is 7.72. The van der Waals surface area contributed by atoms with Crippen molar-refractivity contribution in [1.82, 2.24) is 20.3 Å². The Morgan fingerprint density at radius 3 is 2.68 bits per heavy atom. The van der Waals surface area contributed by atoms with Crippen molar-refractivity contribution in [2.75, 3.05) is 31.1 Å². The van der Waals surface area contributed by atoms with E-state index in [1.165, 1.54) is 6.07 Å². The molecule has 0 saturated carbocycles. The average molecular weight is 348 g/mol. The van der Waals surface area contributed by atoms with Crippen molar-refractivity contribution >= 4 is 17.9 Å². The molecule has 3 N–H and O–H groups in total. The van der Waals surface area contributed by atoms with Crippen LogP contribution in [0, 0.1) is 5.41 Å². The fraction of sp³-hybridized carbons (Fsp3) is 0.625. The van der Waals surface area contributed by atoms with E-state index in [0.29, 0.717) is 19.0 Å². The number of anilines is 1. The largest absolute Gasteiger partial charge is 0.444 e. The summed E-state index contributed by atoms with van der Waals surface area (Å²) in [7, 11) is 0. The first-order valence-electron chi connectivity index (χ1n) is 8.28. The molecule has 25 heavy (non-hydrogen) atoms. The number of amides is 2. The highest BCUT2D eigenvalue weighted by Gasteiger charge is 2.50. The summed E-state index contributed by atoms with van der Waals surface area (Å²) in [4.78, 5) is 36.0. The van der Waals surface area contributed by atoms with Crippen LogP contribution in [-0.4, -0.2) is 58.6 Å². The number of carbonyl (C=O) groups is 2. The number of ether oxygens (including phenoxy) is 1. The number of hydrazine groups is 1. The van der Waals surface area contributed by atoms with Crippen LogP contribution >= 0.6 is 0 Å². The molecular weight excluding hydrogens is 324 g/mol. The van der Waals surface area contributed by atoms with Crippen LogP contribution < -0.4 is 16.2 Å². The lowest BCUT2D eigenvalue weighted by molar-refractivity contribution is -0.0266. The fourth-order valence-electron chi connectivity index (χ4n) is 3.28. The molecule has 0 unspecified atom stereocenters. The van der Waals surface area contributed by atoms with Crippen LogP contribution in [0.5, 0.6) is 0 Å². The van der Waals surface area contributed by atoms with Gasteiger partial charge in [-0.2, -0.15) is 0 Å². The molecule has 9 heteroatoms. The Balaban J connectivity index is 1.60. The number of nitrogens with two attached hydrogens (primary N) is 1. The fourth-order valence-corrected chi connectivity index (χ4v) is 3.28. The van der Waals surface area contributed by atoms with E-state index in [1.54, 1.807) is 11.1 Å². The van der Waals surface area contributed by atoms with Crippen molar-refractivity contribution in [3.8, 4) is 0 Å². The number of carbonyl (C=O) groups excluding carboxylic acids is 2. The van der Waals surface area contributed by atoms with Crippen LogP contribution in [0.4, 0.5) is 10.7 Å². The van der Waals surface area contributed by atoms with Gasteiger partial charge in [0.1, 0.15) is 11.3 Å². The van der Waals surface area contributed by atoms with Crippen molar-refractivity contribution in [3.05, 3.63) is 18.0 Å². The maximum absolute atomic E-state index is 12.1. The molecule has 0 aliphatic carbocycles. The van der Waals surface area contributed by atoms with Crippen molar-refractivity contribution in [2.45, 2.75) is 32.8 Å². The molecule has 3 heterocycles. The normalized spacial score (nSPS) is 18.9. The Morgan fingerprint density at radius 2 is 2.04 bits per heavy atom. The van der Waals surface area contributed by atoms with Gasteiger partial charge in [0, 0.05) is 37.8 Å². The second-order valence-corrected chi connectivity index (χ2v) is 7.72. The smallest absolute Gasteiger partial charge is 0.410 e. The summed E-state index contributed by atoms with van der Waals surface area (Å²) in [5, 5.41) is 0. The summed E-state index contributed by atoms with van der Waals surface area (Å²) in [6.07, 6.45) is 2.23. The minimum absolute atomic E-state index is 0.0480. The molecule has 0 radical (unpaired) electrons. The van der Waals surface area contributed by atoms with Crippen molar-refractivity contribution in [3.63, 3.8) is 0 Å². The second kappa shape index (κ2) is 6.14. The molecule has 0 aromatic carbocycles. The number of likely N-dealkylation sites (tertiary alicyclic amines) is 1. The Labute approximate surface area is 146 Å².